The van der Waals surface area contributed by atoms with Gasteiger partial charge in [0.2, 0.25) is 63.7 Å². The number of rotatable bonds is 30. The van der Waals surface area contributed by atoms with Gasteiger partial charge in [-0.2, -0.15) is 22.5 Å². The van der Waals surface area contributed by atoms with Crippen LogP contribution >= 0.6 is 11.3 Å². The van der Waals surface area contributed by atoms with Crippen LogP contribution in [0.2, 0.25) is 0 Å². The lowest BCUT2D eigenvalue weighted by Crippen LogP contribution is -2.51. The van der Waals surface area contributed by atoms with Crippen molar-refractivity contribution in [1.82, 2.24) is 41.8 Å². The van der Waals surface area contributed by atoms with E-state index in [2.05, 4.69) is 56.0 Å². The van der Waals surface area contributed by atoms with Gasteiger partial charge < -0.3 is 26.0 Å². The summed E-state index contributed by atoms with van der Waals surface area (Å²) in [5.41, 5.74) is 8.28. The smallest absolute Gasteiger partial charge is 0.243 e. The molecule has 4 fully saturated rings. The van der Waals surface area contributed by atoms with E-state index in [4.69, 9.17) is 10.00 Å². The largest absolute Gasteiger partial charge is 0.497 e. The minimum Gasteiger partial charge on any atom is -0.497 e. The molecule has 4 aliphatic heterocycles. The van der Waals surface area contributed by atoms with Crippen LogP contribution in [-0.4, -0.2) is 233 Å². The van der Waals surface area contributed by atoms with E-state index in [-0.39, 0.29) is 97.4 Å². The molecule has 0 bridgehead atoms. The minimum absolute atomic E-state index is 0.0427. The Balaban J connectivity index is 0.000000181. The Morgan fingerprint density at radius 3 is 0.962 bits per heavy atom. The van der Waals surface area contributed by atoms with Crippen molar-refractivity contribution in [3.05, 3.63) is 227 Å². The van der Waals surface area contributed by atoms with Gasteiger partial charge >= 0.3 is 0 Å². The summed E-state index contributed by atoms with van der Waals surface area (Å²) in [6.07, 6.45) is 5.45. The second-order valence-corrected chi connectivity index (χ2v) is 43.9. The first-order valence-electron chi connectivity index (χ1n) is 44.9. The number of fused-ring (bicyclic) bond motifs is 1. The molecule has 0 saturated carbocycles. The first-order chi connectivity index (χ1) is 62.1. The molecule has 8 aromatic carbocycles. The van der Waals surface area contributed by atoms with Gasteiger partial charge in [0, 0.05) is 118 Å². The van der Waals surface area contributed by atoms with Crippen molar-refractivity contribution >= 4 is 107 Å². The number of halogens is 1. The van der Waals surface area contributed by atoms with E-state index in [0.29, 0.717) is 162 Å². The number of benzene rings is 8. The normalized spacial score (nSPS) is 15.8. The number of carbonyl (C=O) groups excluding carboxylic acids is 4. The van der Waals surface area contributed by atoms with Gasteiger partial charge in [-0.05, 0) is 296 Å². The Bertz CT molecular complexity index is 5850. The number of nitriles is 1. The van der Waals surface area contributed by atoms with Crippen molar-refractivity contribution in [3.63, 3.8) is 0 Å². The quantitative estimate of drug-likeness (QED) is 0.0325. The fraction of sp³-hybridized carbons (Fsp3) is 0.449. The molecule has 1 aromatic heterocycles. The Morgan fingerprint density at radius 2 is 0.695 bits per heavy atom. The molecule has 0 radical (unpaired) electrons. The standard InChI is InChI=1S/C26H37N3O3S.C24H29FN4O3S2.C24H30N4O3S.C24H33N3O4S/c1-19(2)22-9-11-23(12-10-22)27-26(30)18-28-15-13-24(14-16-28)29(20(3)4)33(31,32)25-8-6-7-21(5)17-25;1-16(2)29(34(31,32)20-6-4-5-17(3)13-20)19-9-11-28(12-10-19)15-23(30)27-24-26-21-8-7-18(25)14-22(21)33-24;1-18(2)28(32(30,31)23-6-4-5-19(3)15-23)22-11-13-27(14-12-22)17-24(29)26-21-9-7-20(16-25)8-10-21;1-18(2)27(32(29,30)23-7-5-6-19(3)16-23)21-12-14-26(15-13-21)17-24(28)25-20-8-10-22(31-4)11-9-20/h6-12,17,19-20,24H,13-16,18H2,1-5H3,(H,27,30);4-8,13-14,16,19H,9-12,15H2,1-3H3,(H,26,27,30);4-10,15,18,22H,11-14,17H2,1-3H3,(H,26,29);5-11,16,18,21H,12-15,17H2,1-4H3,(H,25,28). The van der Waals surface area contributed by atoms with E-state index < -0.39 is 40.1 Å². The molecule has 13 rings (SSSR count). The third kappa shape index (κ3) is 28.9. The van der Waals surface area contributed by atoms with Gasteiger partial charge in [-0.25, -0.2) is 43.0 Å². The SMILES string of the molecule is COc1ccc(NC(=O)CN2CCC(N(C(C)C)S(=O)(=O)c3cccc(C)c3)CC2)cc1.Cc1cccc(S(=O)(=O)N(C(C)C)C2CCN(CC(=O)Nc3ccc(C#N)cc3)CC2)c1.Cc1cccc(S(=O)(=O)N(C(C)C)C2CCN(CC(=O)Nc3ccc(C(C)C)cc3)CC2)c1.Cc1cccc(S(=O)(=O)N(C(C)C)C2CCN(CC(=O)Nc3nc4ccc(F)cc4s3)CC2)c1. The molecule has 131 heavy (non-hydrogen) atoms. The van der Waals surface area contributed by atoms with Gasteiger partial charge in [-0.15, -0.1) is 0 Å². The molecule has 33 heteroatoms. The van der Waals surface area contributed by atoms with Gasteiger partial charge in [0.05, 0.1) is 74.7 Å². The van der Waals surface area contributed by atoms with Gasteiger partial charge in [0.25, 0.3) is 0 Å². The number of aryl methyl sites for hydroxylation is 4. The number of hydrogen-bond acceptors (Lipinski definition) is 20. The van der Waals surface area contributed by atoms with Crippen molar-refractivity contribution in [2.45, 2.75) is 222 Å². The van der Waals surface area contributed by atoms with Crippen molar-refractivity contribution in [1.29, 1.82) is 5.26 Å². The lowest BCUT2D eigenvalue weighted by atomic mass is 10.0. The number of piperidine rings is 4. The Morgan fingerprint density at radius 1 is 0.412 bits per heavy atom. The van der Waals surface area contributed by atoms with Crippen LogP contribution in [0.5, 0.6) is 5.75 Å². The zero-order chi connectivity index (χ0) is 95.2. The van der Waals surface area contributed by atoms with E-state index in [0.717, 1.165) is 39.4 Å². The number of nitrogens with zero attached hydrogens (tertiary/aromatic N) is 10. The summed E-state index contributed by atoms with van der Waals surface area (Å²) in [6.45, 7) is 33.5. The summed E-state index contributed by atoms with van der Waals surface area (Å²) in [6, 6.07) is 55.5. The lowest BCUT2D eigenvalue weighted by Gasteiger charge is -2.39. The molecule has 9 aromatic rings. The molecule has 4 aliphatic rings. The number of anilines is 4. The number of amides is 4. The van der Waals surface area contributed by atoms with Gasteiger partial charge in [-0.3, -0.25) is 38.8 Å². The van der Waals surface area contributed by atoms with E-state index in [1.54, 1.807) is 152 Å². The summed E-state index contributed by atoms with van der Waals surface area (Å²) >= 11 is 1.24. The van der Waals surface area contributed by atoms with Crippen LogP contribution in [0.15, 0.2) is 208 Å². The van der Waals surface area contributed by atoms with Crippen molar-refractivity contribution in [3.8, 4) is 11.8 Å². The van der Waals surface area contributed by atoms with Crippen molar-refractivity contribution < 1.29 is 62.0 Å². The number of thiazole rings is 1. The van der Waals surface area contributed by atoms with Crippen LogP contribution in [0.4, 0.5) is 26.6 Å². The molecule has 706 valence electrons. The maximum Gasteiger partial charge on any atom is 0.243 e. The molecule has 5 heterocycles. The number of nitrogens with one attached hydrogen (secondary N) is 4. The van der Waals surface area contributed by atoms with E-state index in [1.165, 1.54) is 29.0 Å². The van der Waals surface area contributed by atoms with Crippen LogP contribution < -0.4 is 26.0 Å². The van der Waals surface area contributed by atoms with Crippen LogP contribution in [0.1, 0.15) is 160 Å². The fourth-order valence-electron chi connectivity index (χ4n) is 17.3. The highest BCUT2D eigenvalue weighted by Crippen LogP contribution is 2.35. The average molecular weight is 1890 g/mol. The molecule has 4 N–H and O–H groups in total. The van der Waals surface area contributed by atoms with Crippen LogP contribution in [0.3, 0.4) is 0 Å². The number of aromatic nitrogens is 1. The topological polar surface area (TPSA) is 325 Å². The summed E-state index contributed by atoms with van der Waals surface area (Å²) in [7, 11) is -12.8. The third-order valence-electron chi connectivity index (χ3n) is 23.6. The molecular weight excluding hydrogens is 1760 g/mol. The second-order valence-electron chi connectivity index (χ2n) is 35.5. The van der Waals surface area contributed by atoms with E-state index in [9.17, 15) is 57.2 Å². The highest BCUT2D eigenvalue weighted by atomic mass is 32.2. The van der Waals surface area contributed by atoms with Crippen molar-refractivity contribution in [2.24, 2.45) is 0 Å². The highest BCUT2D eigenvalue weighted by Gasteiger charge is 2.41. The maximum absolute atomic E-state index is 13.4. The maximum atomic E-state index is 13.4. The summed E-state index contributed by atoms with van der Waals surface area (Å²) < 4.78 is 133. The number of hydrogen-bond donors (Lipinski definition) is 4. The van der Waals surface area contributed by atoms with E-state index in [1.807, 2.05) is 141 Å². The summed E-state index contributed by atoms with van der Waals surface area (Å²) in [4.78, 5) is 63.9. The molecule has 27 nitrogen and oxygen atoms in total. The Labute approximate surface area is 779 Å². The van der Waals surface area contributed by atoms with Crippen LogP contribution in [-0.2, 0) is 59.3 Å². The number of carbonyl (C=O) groups is 4. The van der Waals surface area contributed by atoms with Crippen LogP contribution in [0, 0.1) is 44.8 Å². The fourth-order valence-corrected chi connectivity index (χ4v) is 26.1. The molecular formula is C98H129FN14O13S5. The third-order valence-corrected chi connectivity index (χ3v) is 33.0. The predicted molar refractivity (Wildman–Crippen MR) is 518 cm³/mol. The summed E-state index contributed by atoms with van der Waals surface area (Å²) in [5, 5.41) is 20.8. The molecule has 0 atom stereocenters. The summed E-state index contributed by atoms with van der Waals surface area (Å²) in [5.74, 6) is 0.418. The lowest BCUT2D eigenvalue weighted by molar-refractivity contribution is -0.118. The molecule has 4 saturated heterocycles. The zero-order valence-electron chi connectivity index (χ0n) is 77.9. The average Bonchev–Trinajstić information content (AvgIpc) is 1.33. The molecule has 0 aliphatic carbocycles. The van der Waals surface area contributed by atoms with Crippen molar-refractivity contribution in [2.75, 3.05) is 107 Å². The molecule has 0 unspecified atom stereocenters. The molecule has 0 spiro atoms. The number of likely N-dealkylation sites (tertiary alicyclic amines) is 4. The van der Waals surface area contributed by atoms with Gasteiger partial charge in [0.15, 0.2) is 5.13 Å². The van der Waals surface area contributed by atoms with Gasteiger partial charge in [0.1, 0.15) is 11.6 Å². The Hall–Kier alpha value is -9.77. The van der Waals surface area contributed by atoms with E-state index >= 15 is 0 Å². The van der Waals surface area contributed by atoms with Gasteiger partial charge in [-0.1, -0.05) is 85.8 Å². The number of methoxy groups -OCH3 is 1. The Kier molecular flexibility index (Phi) is 37.3. The highest BCUT2D eigenvalue weighted by molar-refractivity contribution is 7.90. The van der Waals surface area contributed by atoms with Crippen LogP contribution in [0.25, 0.3) is 10.2 Å². The second kappa shape index (κ2) is 47.2. The molecule has 4 amide bonds. The number of sulfonamides is 4. The zero-order valence-corrected chi connectivity index (χ0v) is 82.0. The minimum atomic E-state index is -3.62. The first-order valence-corrected chi connectivity index (χ1v) is 51.5. The number of ether oxygens (including phenoxy) is 1. The monoisotopic (exact) mass is 1890 g/mol. The predicted octanol–water partition coefficient (Wildman–Crippen LogP) is 15.7. The first kappa shape index (κ1) is 103.